The number of benzene rings is 2. The highest BCUT2D eigenvalue weighted by molar-refractivity contribution is 5.38. The Kier molecular flexibility index (Phi) is 3.75. The minimum absolute atomic E-state index is 0.0433. The summed E-state index contributed by atoms with van der Waals surface area (Å²) < 4.78 is 51.9. The Morgan fingerprint density at radius 2 is 1.75 bits per heavy atom. The van der Waals surface area contributed by atoms with Gasteiger partial charge in [-0.3, -0.25) is 0 Å². The van der Waals surface area contributed by atoms with E-state index in [2.05, 4.69) is 0 Å². The van der Waals surface area contributed by atoms with Crippen molar-refractivity contribution in [1.82, 2.24) is 0 Å². The molecule has 0 heterocycles. The molecule has 0 aliphatic heterocycles. The first-order chi connectivity index (χ1) is 9.41. The number of nitriles is 1. The first-order valence-corrected chi connectivity index (χ1v) is 5.75. The van der Waals surface area contributed by atoms with E-state index >= 15 is 0 Å². The van der Waals surface area contributed by atoms with Crippen LogP contribution in [0.2, 0.25) is 0 Å². The van der Waals surface area contributed by atoms with Crippen LogP contribution in [-0.4, -0.2) is 0 Å². The molecule has 20 heavy (non-hydrogen) atoms. The number of hydrogen-bond acceptors (Lipinski definition) is 1. The Balaban J connectivity index is 2.36. The van der Waals surface area contributed by atoms with Crippen molar-refractivity contribution in [2.45, 2.75) is 12.6 Å². The summed E-state index contributed by atoms with van der Waals surface area (Å²) in [5.74, 6) is -0.727. The fraction of sp³-hybridized carbons (Fsp3) is 0.133. The number of rotatable bonds is 2. The summed E-state index contributed by atoms with van der Waals surface area (Å²) in [6.07, 6.45) is -4.49. The highest BCUT2D eigenvalue weighted by atomic mass is 19.4. The monoisotopic (exact) mass is 279 g/mol. The maximum Gasteiger partial charge on any atom is 0.416 e. The zero-order chi connectivity index (χ0) is 14.8. The standard InChI is InChI=1S/C15H9F4N/c16-14-8-10(5-6-12(14)9-20)7-11-3-1-2-4-13(11)15(17,18)19/h1-6,8H,7H2. The van der Waals surface area contributed by atoms with Gasteiger partial charge in [-0.1, -0.05) is 24.3 Å². The lowest BCUT2D eigenvalue weighted by molar-refractivity contribution is -0.138. The van der Waals surface area contributed by atoms with Crippen molar-refractivity contribution in [3.8, 4) is 6.07 Å². The van der Waals surface area contributed by atoms with Crippen LogP contribution >= 0.6 is 0 Å². The molecular formula is C15H9F4N. The zero-order valence-corrected chi connectivity index (χ0v) is 10.2. The Bertz CT molecular complexity index is 668. The molecule has 0 aromatic heterocycles. The summed E-state index contributed by atoms with van der Waals surface area (Å²) in [5, 5.41) is 8.61. The number of hydrogen-bond donors (Lipinski definition) is 0. The predicted molar refractivity (Wildman–Crippen MR) is 65.4 cm³/mol. The maximum absolute atomic E-state index is 13.4. The lowest BCUT2D eigenvalue weighted by Gasteiger charge is -2.12. The van der Waals surface area contributed by atoms with E-state index in [9.17, 15) is 17.6 Å². The molecule has 2 aromatic rings. The molecule has 2 rings (SSSR count). The average molecular weight is 279 g/mol. The van der Waals surface area contributed by atoms with Crippen LogP contribution in [0, 0.1) is 17.1 Å². The second kappa shape index (κ2) is 5.33. The van der Waals surface area contributed by atoms with Crippen LogP contribution in [0.4, 0.5) is 17.6 Å². The minimum Gasteiger partial charge on any atom is -0.206 e. The second-order valence-electron chi connectivity index (χ2n) is 4.26. The molecule has 0 spiro atoms. The van der Waals surface area contributed by atoms with Gasteiger partial charge in [0.05, 0.1) is 11.1 Å². The van der Waals surface area contributed by atoms with Crippen LogP contribution in [0.3, 0.4) is 0 Å². The molecule has 0 amide bonds. The van der Waals surface area contributed by atoms with Gasteiger partial charge in [0.25, 0.3) is 0 Å². The lowest BCUT2D eigenvalue weighted by atomic mass is 9.98. The van der Waals surface area contributed by atoms with E-state index < -0.39 is 17.6 Å². The summed E-state index contributed by atoms with van der Waals surface area (Å²) in [5.41, 5.74) is -0.398. The summed E-state index contributed by atoms with van der Waals surface area (Å²) in [6.45, 7) is 0. The Labute approximate surface area is 113 Å². The van der Waals surface area contributed by atoms with Gasteiger partial charge >= 0.3 is 6.18 Å². The van der Waals surface area contributed by atoms with E-state index in [0.29, 0.717) is 5.56 Å². The van der Waals surface area contributed by atoms with Crippen molar-refractivity contribution >= 4 is 0 Å². The van der Waals surface area contributed by atoms with E-state index in [1.54, 1.807) is 6.07 Å². The van der Waals surface area contributed by atoms with Crippen molar-refractivity contribution in [1.29, 1.82) is 5.26 Å². The van der Waals surface area contributed by atoms with Gasteiger partial charge < -0.3 is 0 Å². The van der Waals surface area contributed by atoms with Crippen molar-refractivity contribution in [3.05, 3.63) is 70.5 Å². The summed E-state index contributed by atoms with van der Waals surface area (Å²) in [6, 6.07) is 10.6. The van der Waals surface area contributed by atoms with Gasteiger partial charge in [0, 0.05) is 0 Å². The summed E-state index contributed by atoms with van der Waals surface area (Å²) in [7, 11) is 0. The van der Waals surface area contributed by atoms with E-state index in [0.717, 1.165) is 12.1 Å². The third-order valence-corrected chi connectivity index (χ3v) is 2.87. The first kappa shape index (κ1) is 14.1. The molecule has 1 nitrogen and oxygen atoms in total. The molecule has 0 aliphatic rings. The molecule has 0 saturated carbocycles. The number of halogens is 4. The third-order valence-electron chi connectivity index (χ3n) is 2.87. The molecule has 0 fully saturated rings. The predicted octanol–water partition coefficient (Wildman–Crippen LogP) is 4.31. The van der Waals surface area contributed by atoms with Crippen molar-refractivity contribution in [3.63, 3.8) is 0 Å². The molecule has 0 N–H and O–H groups in total. The largest absolute Gasteiger partial charge is 0.416 e. The van der Waals surface area contributed by atoms with E-state index in [-0.39, 0.29) is 17.5 Å². The van der Waals surface area contributed by atoms with Gasteiger partial charge in [-0.15, -0.1) is 0 Å². The molecule has 5 heteroatoms. The molecule has 0 unspecified atom stereocenters. The molecule has 0 saturated heterocycles. The van der Waals surface area contributed by atoms with Crippen LogP contribution < -0.4 is 0 Å². The fourth-order valence-corrected chi connectivity index (χ4v) is 1.93. The molecule has 0 atom stereocenters. The second-order valence-corrected chi connectivity index (χ2v) is 4.26. The van der Waals surface area contributed by atoms with Crippen LogP contribution in [-0.2, 0) is 12.6 Å². The molecule has 0 aliphatic carbocycles. The maximum atomic E-state index is 13.4. The van der Waals surface area contributed by atoms with Crippen molar-refractivity contribution in [2.24, 2.45) is 0 Å². The van der Waals surface area contributed by atoms with Gasteiger partial charge in [0.1, 0.15) is 11.9 Å². The van der Waals surface area contributed by atoms with Crippen LogP contribution in [0.1, 0.15) is 22.3 Å². The topological polar surface area (TPSA) is 23.8 Å². The molecule has 102 valence electrons. The number of alkyl halides is 3. The Morgan fingerprint density at radius 3 is 2.35 bits per heavy atom. The average Bonchev–Trinajstić information content (AvgIpc) is 2.38. The van der Waals surface area contributed by atoms with Gasteiger partial charge in [-0.25, -0.2) is 4.39 Å². The highest BCUT2D eigenvalue weighted by Gasteiger charge is 2.32. The van der Waals surface area contributed by atoms with E-state index in [1.807, 2.05) is 0 Å². The lowest BCUT2D eigenvalue weighted by Crippen LogP contribution is -2.09. The molecule has 0 radical (unpaired) electrons. The van der Waals surface area contributed by atoms with Gasteiger partial charge in [0.15, 0.2) is 0 Å². The van der Waals surface area contributed by atoms with Gasteiger partial charge in [-0.05, 0) is 35.7 Å². The quantitative estimate of drug-likeness (QED) is 0.751. The highest BCUT2D eigenvalue weighted by Crippen LogP contribution is 2.32. The Hall–Kier alpha value is -2.35. The summed E-state index contributed by atoms with van der Waals surface area (Å²) >= 11 is 0. The van der Waals surface area contributed by atoms with Crippen molar-refractivity contribution in [2.75, 3.05) is 0 Å². The van der Waals surface area contributed by atoms with Crippen LogP contribution in [0.5, 0.6) is 0 Å². The fourth-order valence-electron chi connectivity index (χ4n) is 1.93. The van der Waals surface area contributed by atoms with Gasteiger partial charge in [-0.2, -0.15) is 18.4 Å². The van der Waals surface area contributed by atoms with Crippen molar-refractivity contribution < 1.29 is 17.6 Å². The minimum atomic E-state index is -4.44. The SMILES string of the molecule is N#Cc1ccc(Cc2ccccc2C(F)(F)F)cc1F. The van der Waals surface area contributed by atoms with E-state index in [1.165, 1.54) is 30.3 Å². The van der Waals surface area contributed by atoms with Gasteiger partial charge in [0.2, 0.25) is 0 Å². The molecule has 2 aromatic carbocycles. The number of nitrogens with zero attached hydrogens (tertiary/aromatic N) is 1. The van der Waals surface area contributed by atoms with Crippen LogP contribution in [0.15, 0.2) is 42.5 Å². The molecular weight excluding hydrogens is 270 g/mol. The van der Waals surface area contributed by atoms with E-state index in [4.69, 9.17) is 5.26 Å². The third kappa shape index (κ3) is 2.97. The smallest absolute Gasteiger partial charge is 0.206 e. The zero-order valence-electron chi connectivity index (χ0n) is 10.2. The van der Waals surface area contributed by atoms with Crippen LogP contribution in [0.25, 0.3) is 0 Å². The normalized spacial score (nSPS) is 11.2. The summed E-state index contributed by atoms with van der Waals surface area (Å²) in [4.78, 5) is 0. The molecule has 0 bridgehead atoms. The first-order valence-electron chi connectivity index (χ1n) is 5.75. The Morgan fingerprint density at radius 1 is 1.05 bits per heavy atom.